The highest BCUT2D eigenvalue weighted by molar-refractivity contribution is 7.89. The highest BCUT2D eigenvalue weighted by Gasteiger charge is 2.31. The van der Waals surface area contributed by atoms with Crippen molar-refractivity contribution in [1.82, 2.24) is 9.21 Å². The molecule has 2 aromatic rings. The molecule has 0 unspecified atom stereocenters. The van der Waals surface area contributed by atoms with Crippen molar-refractivity contribution >= 4 is 15.9 Å². The van der Waals surface area contributed by atoms with Crippen LogP contribution in [0.1, 0.15) is 16.8 Å². The second kappa shape index (κ2) is 8.53. The van der Waals surface area contributed by atoms with Crippen LogP contribution in [0.15, 0.2) is 47.4 Å². The molecule has 30 heavy (non-hydrogen) atoms. The van der Waals surface area contributed by atoms with E-state index in [-0.39, 0.29) is 23.9 Å². The van der Waals surface area contributed by atoms with Gasteiger partial charge < -0.3 is 19.1 Å². The Bertz CT molecular complexity index is 1010. The summed E-state index contributed by atoms with van der Waals surface area (Å²) >= 11 is 0. The molecule has 0 spiro atoms. The van der Waals surface area contributed by atoms with Crippen LogP contribution in [-0.4, -0.2) is 70.0 Å². The van der Waals surface area contributed by atoms with E-state index in [1.807, 2.05) is 0 Å². The topological polar surface area (TPSA) is 85.4 Å². The standard InChI is InChI=1S/C21H24N2O6S/c1-27-17-5-3-16(4-6-17)21(24)22-9-11-23(12-10-22)30(25,26)18-7-8-19-20(15-18)29-14-2-13-28-19/h3-8,15H,2,9-14H2,1H3. The zero-order valence-corrected chi connectivity index (χ0v) is 17.6. The van der Waals surface area contributed by atoms with E-state index in [4.69, 9.17) is 14.2 Å². The van der Waals surface area contributed by atoms with Crippen LogP contribution in [-0.2, 0) is 10.0 Å². The lowest BCUT2D eigenvalue weighted by Crippen LogP contribution is -2.50. The maximum absolute atomic E-state index is 13.1. The smallest absolute Gasteiger partial charge is 0.253 e. The summed E-state index contributed by atoms with van der Waals surface area (Å²) in [4.78, 5) is 14.5. The van der Waals surface area contributed by atoms with E-state index < -0.39 is 10.0 Å². The number of nitrogens with zero attached hydrogens (tertiary/aromatic N) is 2. The first kappa shape index (κ1) is 20.5. The number of methoxy groups -OCH3 is 1. The molecule has 4 rings (SSSR count). The Morgan fingerprint density at radius 3 is 2.27 bits per heavy atom. The molecule has 0 saturated carbocycles. The zero-order valence-electron chi connectivity index (χ0n) is 16.7. The van der Waals surface area contributed by atoms with Gasteiger partial charge in [0.15, 0.2) is 11.5 Å². The summed E-state index contributed by atoms with van der Waals surface area (Å²) in [7, 11) is -2.12. The summed E-state index contributed by atoms with van der Waals surface area (Å²) in [5.41, 5.74) is 0.551. The van der Waals surface area contributed by atoms with Crippen molar-refractivity contribution in [2.24, 2.45) is 0 Å². The van der Waals surface area contributed by atoms with Crippen LogP contribution in [0.25, 0.3) is 0 Å². The number of hydrogen-bond acceptors (Lipinski definition) is 6. The number of piperazine rings is 1. The number of hydrogen-bond donors (Lipinski definition) is 0. The number of fused-ring (bicyclic) bond motifs is 1. The van der Waals surface area contributed by atoms with Gasteiger partial charge in [0.1, 0.15) is 5.75 Å². The predicted molar refractivity (Wildman–Crippen MR) is 110 cm³/mol. The van der Waals surface area contributed by atoms with Crippen LogP contribution in [0.2, 0.25) is 0 Å². The van der Waals surface area contributed by atoms with Crippen LogP contribution in [0.5, 0.6) is 17.2 Å². The third-order valence-corrected chi connectivity index (χ3v) is 7.11. The number of carbonyl (C=O) groups excluding carboxylic acids is 1. The fraction of sp³-hybridized carbons (Fsp3) is 0.381. The maximum atomic E-state index is 13.1. The largest absolute Gasteiger partial charge is 0.497 e. The SMILES string of the molecule is COc1ccc(C(=O)N2CCN(S(=O)(=O)c3ccc4c(c3)OCCCO4)CC2)cc1. The molecule has 9 heteroatoms. The third-order valence-electron chi connectivity index (χ3n) is 5.22. The number of amides is 1. The van der Waals surface area contributed by atoms with Gasteiger partial charge in [-0.05, 0) is 36.4 Å². The third kappa shape index (κ3) is 4.08. The van der Waals surface area contributed by atoms with Crippen molar-refractivity contribution in [2.75, 3.05) is 46.5 Å². The molecule has 8 nitrogen and oxygen atoms in total. The van der Waals surface area contributed by atoms with Crippen LogP contribution >= 0.6 is 0 Å². The van der Waals surface area contributed by atoms with Gasteiger partial charge >= 0.3 is 0 Å². The quantitative estimate of drug-likeness (QED) is 0.735. The Morgan fingerprint density at radius 2 is 1.60 bits per heavy atom. The number of rotatable bonds is 4. The average molecular weight is 432 g/mol. The second-order valence-corrected chi connectivity index (χ2v) is 9.02. The predicted octanol–water partition coefficient (Wildman–Crippen LogP) is 2.00. The average Bonchev–Trinajstić information content (AvgIpc) is 3.03. The molecule has 0 atom stereocenters. The Balaban J connectivity index is 1.44. The van der Waals surface area contributed by atoms with Crippen molar-refractivity contribution in [3.8, 4) is 17.2 Å². The van der Waals surface area contributed by atoms with Gasteiger partial charge in [-0.15, -0.1) is 0 Å². The molecule has 0 N–H and O–H groups in total. The van der Waals surface area contributed by atoms with Gasteiger partial charge in [0.25, 0.3) is 5.91 Å². The fourth-order valence-electron chi connectivity index (χ4n) is 3.50. The second-order valence-electron chi connectivity index (χ2n) is 7.08. The molecule has 0 bridgehead atoms. The highest BCUT2D eigenvalue weighted by Crippen LogP contribution is 2.33. The van der Waals surface area contributed by atoms with E-state index in [0.29, 0.717) is 49.1 Å². The molecule has 0 radical (unpaired) electrons. The van der Waals surface area contributed by atoms with Crippen molar-refractivity contribution in [3.05, 3.63) is 48.0 Å². The monoisotopic (exact) mass is 432 g/mol. The molecule has 2 heterocycles. The fourth-order valence-corrected chi connectivity index (χ4v) is 4.94. The van der Waals surface area contributed by atoms with E-state index in [9.17, 15) is 13.2 Å². The number of benzene rings is 2. The summed E-state index contributed by atoms with van der Waals surface area (Å²) in [6.45, 7) is 2.16. The van der Waals surface area contributed by atoms with Crippen molar-refractivity contribution in [1.29, 1.82) is 0 Å². The van der Waals surface area contributed by atoms with Crippen LogP contribution < -0.4 is 14.2 Å². The number of ether oxygens (including phenoxy) is 3. The minimum absolute atomic E-state index is 0.120. The highest BCUT2D eigenvalue weighted by atomic mass is 32.2. The van der Waals surface area contributed by atoms with Crippen molar-refractivity contribution in [2.45, 2.75) is 11.3 Å². The molecule has 0 aromatic heterocycles. The summed E-state index contributed by atoms with van der Waals surface area (Å²) in [5, 5.41) is 0. The van der Waals surface area contributed by atoms with Gasteiger partial charge in [-0.2, -0.15) is 4.31 Å². The maximum Gasteiger partial charge on any atom is 0.253 e. The lowest BCUT2D eigenvalue weighted by Gasteiger charge is -2.34. The zero-order chi connectivity index (χ0) is 21.1. The van der Waals surface area contributed by atoms with Gasteiger partial charge in [-0.25, -0.2) is 8.42 Å². The molecule has 2 aromatic carbocycles. The molecule has 2 aliphatic rings. The summed E-state index contributed by atoms with van der Waals surface area (Å²) in [5.74, 6) is 1.56. The first-order valence-electron chi connectivity index (χ1n) is 9.82. The van der Waals surface area contributed by atoms with E-state index in [2.05, 4.69) is 0 Å². The molecule has 160 valence electrons. The molecular weight excluding hydrogens is 408 g/mol. The lowest BCUT2D eigenvalue weighted by atomic mass is 10.2. The molecule has 0 aliphatic carbocycles. The molecular formula is C21H24N2O6S. The lowest BCUT2D eigenvalue weighted by molar-refractivity contribution is 0.0698. The van der Waals surface area contributed by atoms with Crippen LogP contribution in [0, 0.1) is 0 Å². The molecule has 2 aliphatic heterocycles. The summed E-state index contributed by atoms with van der Waals surface area (Å²) < 4.78 is 43.9. The van der Waals surface area contributed by atoms with Gasteiger partial charge in [-0.3, -0.25) is 4.79 Å². The first-order chi connectivity index (χ1) is 14.5. The van der Waals surface area contributed by atoms with E-state index in [0.717, 1.165) is 6.42 Å². The van der Waals surface area contributed by atoms with E-state index in [1.54, 1.807) is 42.3 Å². The van der Waals surface area contributed by atoms with Crippen molar-refractivity contribution < 1.29 is 27.4 Å². The van der Waals surface area contributed by atoms with Gasteiger partial charge in [0.2, 0.25) is 10.0 Å². The Kier molecular flexibility index (Phi) is 5.83. The van der Waals surface area contributed by atoms with Gasteiger partial charge in [0, 0.05) is 44.2 Å². The molecule has 1 saturated heterocycles. The van der Waals surface area contributed by atoms with Crippen molar-refractivity contribution in [3.63, 3.8) is 0 Å². The van der Waals surface area contributed by atoms with Gasteiger partial charge in [-0.1, -0.05) is 0 Å². The normalized spacial score (nSPS) is 17.3. The minimum Gasteiger partial charge on any atom is -0.497 e. The van der Waals surface area contributed by atoms with E-state index >= 15 is 0 Å². The number of sulfonamides is 1. The van der Waals surface area contributed by atoms with Gasteiger partial charge in [0.05, 0.1) is 25.2 Å². The molecule has 1 fully saturated rings. The van der Waals surface area contributed by atoms with E-state index in [1.165, 1.54) is 16.4 Å². The summed E-state index contributed by atoms with van der Waals surface area (Å²) in [6, 6.07) is 11.6. The Hall–Kier alpha value is -2.78. The Labute approximate surface area is 176 Å². The summed E-state index contributed by atoms with van der Waals surface area (Å²) in [6.07, 6.45) is 0.751. The molecule has 1 amide bonds. The van der Waals surface area contributed by atoms with Crippen LogP contribution in [0.3, 0.4) is 0 Å². The Morgan fingerprint density at radius 1 is 0.933 bits per heavy atom. The number of carbonyl (C=O) groups is 1. The first-order valence-corrected chi connectivity index (χ1v) is 11.3. The minimum atomic E-state index is -3.69. The van der Waals surface area contributed by atoms with Crippen LogP contribution in [0.4, 0.5) is 0 Å².